The number of hydrogen-bond donors (Lipinski definition) is 0. The maximum absolute atomic E-state index is 15.6. The van der Waals surface area contributed by atoms with Gasteiger partial charge in [0.05, 0.1) is 24.0 Å². The number of hydrogen-bond acceptors (Lipinski definition) is 5. The summed E-state index contributed by atoms with van der Waals surface area (Å²) in [7, 11) is -0.767. The van der Waals surface area contributed by atoms with Gasteiger partial charge in [0, 0.05) is 32.1 Å². The second kappa shape index (κ2) is 8.04. The van der Waals surface area contributed by atoms with Gasteiger partial charge in [0.1, 0.15) is 5.67 Å². The van der Waals surface area contributed by atoms with Crippen LogP contribution in [-0.4, -0.2) is 46.3 Å². The van der Waals surface area contributed by atoms with Gasteiger partial charge in [0.2, 0.25) is 9.84 Å². The first-order chi connectivity index (χ1) is 14.3. The van der Waals surface area contributed by atoms with Gasteiger partial charge >= 0.3 is 0 Å². The monoisotopic (exact) mass is 431 g/mol. The lowest BCUT2D eigenvalue weighted by molar-refractivity contribution is 0.0925. The summed E-state index contributed by atoms with van der Waals surface area (Å²) in [5.41, 5.74) is 0.189. The van der Waals surface area contributed by atoms with Crippen LogP contribution in [0.3, 0.4) is 0 Å². The van der Waals surface area contributed by atoms with Crippen molar-refractivity contribution in [1.29, 1.82) is 0 Å². The SMILES string of the molecule is COc1cc2c(cc1OC)S(=O)(=O)/C(=C/C1(F)CCN(Cc3ccccc3)CC1)C2. The van der Waals surface area contributed by atoms with Gasteiger partial charge in [0.15, 0.2) is 11.5 Å². The molecule has 0 atom stereocenters. The predicted molar refractivity (Wildman–Crippen MR) is 113 cm³/mol. The summed E-state index contributed by atoms with van der Waals surface area (Å²) >= 11 is 0. The molecule has 2 aromatic rings. The largest absolute Gasteiger partial charge is 0.493 e. The van der Waals surface area contributed by atoms with E-state index in [1.165, 1.54) is 31.9 Å². The average molecular weight is 432 g/mol. The number of rotatable bonds is 5. The second-order valence-electron chi connectivity index (χ2n) is 7.90. The van der Waals surface area contributed by atoms with Crippen LogP contribution in [0.1, 0.15) is 24.0 Å². The van der Waals surface area contributed by atoms with Crippen molar-refractivity contribution >= 4 is 9.84 Å². The molecule has 0 saturated carbocycles. The summed E-state index contributed by atoms with van der Waals surface area (Å²) in [6.07, 6.45) is 2.09. The van der Waals surface area contributed by atoms with E-state index in [1.54, 1.807) is 6.07 Å². The fourth-order valence-electron chi connectivity index (χ4n) is 4.20. The van der Waals surface area contributed by atoms with Crippen LogP contribution in [0.2, 0.25) is 0 Å². The molecule has 5 nitrogen and oxygen atoms in total. The molecule has 2 aliphatic heterocycles. The van der Waals surface area contributed by atoms with E-state index in [2.05, 4.69) is 17.0 Å². The lowest BCUT2D eigenvalue weighted by Gasteiger charge is -2.35. The highest BCUT2D eigenvalue weighted by Gasteiger charge is 2.39. The number of methoxy groups -OCH3 is 2. The molecule has 4 rings (SSSR count). The molecule has 2 aliphatic rings. The Morgan fingerprint density at radius 3 is 2.33 bits per heavy atom. The smallest absolute Gasteiger partial charge is 0.203 e. The van der Waals surface area contributed by atoms with E-state index in [-0.39, 0.29) is 29.1 Å². The summed E-state index contributed by atoms with van der Waals surface area (Å²) < 4.78 is 52.1. The maximum Gasteiger partial charge on any atom is 0.203 e. The highest BCUT2D eigenvalue weighted by atomic mass is 32.2. The molecule has 0 spiro atoms. The molecule has 0 unspecified atom stereocenters. The van der Waals surface area contributed by atoms with Gasteiger partial charge in [-0.15, -0.1) is 0 Å². The molecule has 2 aromatic carbocycles. The number of sulfone groups is 1. The van der Waals surface area contributed by atoms with Crippen LogP contribution in [0, 0.1) is 0 Å². The maximum atomic E-state index is 15.6. The van der Waals surface area contributed by atoms with Gasteiger partial charge in [-0.05, 0) is 36.1 Å². The Morgan fingerprint density at radius 2 is 1.70 bits per heavy atom. The lowest BCUT2D eigenvalue weighted by Crippen LogP contribution is -2.40. The number of likely N-dealkylation sites (tertiary alicyclic amines) is 1. The quantitative estimate of drug-likeness (QED) is 0.718. The van der Waals surface area contributed by atoms with Crippen LogP contribution in [-0.2, 0) is 22.8 Å². The van der Waals surface area contributed by atoms with Crippen LogP contribution >= 0.6 is 0 Å². The van der Waals surface area contributed by atoms with E-state index in [9.17, 15) is 8.42 Å². The first kappa shape index (κ1) is 20.9. The van der Waals surface area contributed by atoms with Gasteiger partial charge in [-0.1, -0.05) is 30.3 Å². The zero-order chi connectivity index (χ0) is 21.4. The Kier molecular flexibility index (Phi) is 5.59. The number of alkyl halides is 1. The van der Waals surface area contributed by atoms with Crippen molar-refractivity contribution in [2.75, 3.05) is 27.3 Å². The third-order valence-corrected chi connectivity index (χ3v) is 7.83. The molecule has 0 aliphatic carbocycles. The van der Waals surface area contributed by atoms with Crippen molar-refractivity contribution in [2.45, 2.75) is 36.4 Å². The Labute approximate surface area is 177 Å². The highest BCUT2D eigenvalue weighted by Crippen LogP contribution is 2.43. The van der Waals surface area contributed by atoms with E-state index in [1.807, 2.05) is 18.2 Å². The number of fused-ring (bicyclic) bond motifs is 1. The van der Waals surface area contributed by atoms with Crippen molar-refractivity contribution in [3.63, 3.8) is 0 Å². The number of allylic oxidation sites excluding steroid dienone is 2. The first-order valence-corrected chi connectivity index (χ1v) is 11.5. The molecule has 7 heteroatoms. The van der Waals surface area contributed by atoms with Crippen LogP contribution in [0.15, 0.2) is 58.3 Å². The van der Waals surface area contributed by atoms with E-state index in [0.717, 1.165) is 6.54 Å². The second-order valence-corrected chi connectivity index (χ2v) is 9.87. The van der Waals surface area contributed by atoms with Gasteiger partial charge in [-0.25, -0.2) is 12.8 Å². The van der Waals surface area contributed by atoms with E-state index < -0.39 is 15.5 Å². The molecule has 0 bridgehead atoms. The van der Waals surface area contributed by atoms with Crippen LogP contribution in [0.4, 0.5) is 4.39 Å². The standard InChI is InChI=1S/C23H26FNO4S/c1-28-20-13-18-12-19(30(26,27)22(18)14-21(20)29-2)15-23(24)8-10-25(11-9-23)16-17-6-4-3-5-7-17/h3-7,13-15H,8-12,16H2,1-2H3/b19-15+. The number of nitrogens with zero attached hydrogens (tertiary/aromatic N) is 1. The summed E-state index contributed by atoms with van der Waals surface area (Å²) in [5, 5.41) is 0. The van der Waals surface area contributed by atoms with Crippen molar-refractivity contribution in [3.05, 3.63) is 64.6 Å². The molecule has 30 heavy (non-hydrogen) atoms. The van der Waals surface area contributed by atoms with Crippen molar-refractivity contribution in [1.82, 2.24) is 4.90 Å². The number of halogens is 1. The van der Waals surface area contributed by atoms with Crippen molar-refractivity contribution in [2.24, 2.45) is 0 Å². The molecule has 1 saturated heterocycles. The van der Waals surface area contributed by atoms with Gasteiger partial charge < -0.3 is 9.47 Å². The minimum Gasteiger partial charge on any atom is -0.493 e. The van der Waals surface area contributed by atoms with Crippen LogP contribution in [0.25, 0.3) is 0 Å². The topological polar surface area (TPSA) is 55.8 Å². The summed E-state index contributed by atoms with van der Waals surface area (Å²) in [6.45, 7) is 1.95. The Bertz CT molecular complexity index is 1060. The first-order valence-electron chi connectivity index (χ1n) is 10.0. The predicted octanol–water partition coefficient (Wildman–Crippen LogP) is 3.92. The van der Waals surface area contributed by atoms with Gasteiger partial charge in [-0.2, -0.15) is 0 Å². The van der Waals surface area contributed by atoms with E-state index in [0.29, 0.717) is 30.2 Å². The number of ether oxygens (including phenoxy) is 2. The minimum absolute atomic E-state index is 0.131. The molecular formula is C23H26FNO4S. The van der Waals surface area contributed by atoms with E-state index in [4.69, 9.17) is 9.47 Å². The fraction of sp³-hybridized carbons (Fsp3) is 0.391. The van der Waals surface area contributed by atoms with Crippen LogP contribution in [0.5, 0.6) is 11.5 Å². The highest BCUT2D eigenvalue weighted by molar-refractivity contribution is 7.95. The Morgan fingerprint density at radius 1 is 1.07 bits per heavy atom. The van der Waals surface area contributed by atoms with Crippen LogP contribution < -0.4 is 9.47 Å². The van der Waals surface area contributed by atoms with Gasteiger partial charge in [0.25, 0.3) is 0 Å². The zero-order valence-electron chi connectivity index (χ0n) is 17.2. The molecule has 0 aromatic heterocycles. The van der Waals surface area contributed by atoms with Crippen molar-refractivity contribution < 1.29 is 22.3 Å². The molecule has 0 amide bonds. The molecule has 2 heterocycles. The molecule has 1 fully saturated rings. The summed E-state index contributed by atoms with van der Waals surface area (Å²) in [6, 6.07) is 13.2. The minimum atomic E-state index is -3.73. The Hall–Kier alpha value is -2.38. The summed E-state index contributed by atoms with van der Waals surface area (Å²) in [5.74, 6) is 0.821. The lowest BCUT2D eigenvalue weighted by atomic mass is 9.92. The summed E-state index contributed by atoms with van der Waals surface area (Å²) in [4.78, 5) is 2.52. The Balaban J connectivity index is 1.52. The van der Waals surface area contributed by atoms with E-state index >= 15 is 4.39 Å². The van der Waals surface area contributed by atoms with Crippen molar-refractivity contribution in [3.8, 4) is 11.5 Å². The molecule has 0 N–H and O–H groups in total. The fourth-order valence-corrected chi connectivity index (χ4v) is 5.93. The number of piperidine rings is 1. The number of benzene rings is 2. The third-order valence-electron chi connectivity index (χ3n) is 5.92. The molecular weight excluding hydrogens is 405 g/mol. The average Bonchev–Trinajstić information content (AvgIpc) is 2.98. The third kappa shape index (κ3) is 3.96. The normalized spacial score (nSPS) is 21.4. The molecule has 160 valence electrons. The van der Waals surface area contributed by atoms with Gasteiger partial charge in [-0.3, -0.25) is 4.90 Å². The zero-order valence-corrected chi connectivity index (χ0v) is 18.0. The molecule has 0 radical (unpaired) electrons.